The molecule has 2 rings (SSSR count). The summed E-state index contributed by atoms with van der Waals surface area (Å²) < 4.78 is 2.12. The zero-order chi connectivity index (χ0) is 14.7. The van der Waals surface area contributed by atoms with Crippen molar-refractivity contribution < 1.29 is 9.90 Å². The number of aryl methyl sites for hydroxylation is 1. The average molecular weight is 274 g/mol. The summed E-state index contributed by atoms with van der Waals surface area (Å²) in [4.78, 5) is 11.0. The van der Waals surface area contributed by atoms with E-state index in [0.717, 1.165) is 29.4 Å². The number of aromatic nitrogens is 1. The van der Waals surface area contributed by atoms with Crippen molar-refractivity contribution >= 4 is 16.9 Å². The van der Waals surface area contributed by atoms with Crippen LogP contribution in [0.3, 0.4) is 0 Å². The minimum absolute atomic E-state index is 0.0632. The number of carboxylic acid groups (broad SMARTS) is 1. The Morgan fingerprint density at radius 1 is 1.40 bits per heavy atom. The molecular weight excluding hydrogens is 252 g/mol. The van der Waals surface area contributed by atoms with Gasteiger partial charge in [0, 0.05) is 23.6 Å². The van der Waals surface area contributed by atoms with Gasteiger partial charge in [-0.25, -0.2) is 0 Å². The number of rotatable bonds is 6. The lowest BCUT2D eigenvalue weighted by Crippen LogP contribution is -2.05. The Morgan fingerprint density at radius 3 is 2.75 bits per heavy atom. The van der Waals surface area contributed by atoms with Crippen LogP contribution < -0.4 is 5.73 Å². The van der Waals surface area contributed by atoms with E-state index < -0.39 is 5.97 Å². The van der Waals surface area contributed by atoms with Crippen molar-refractivity contribution in [3.63, 3.8) is 0 Å². The van der Waals surface area contributed by atoms with Gasteiger partial charge in [-0.05, 0) is 42.1 Å². The number of carboxylic acids is 1. The summed E-state index contributed by atoms with van der Waals surface area (Å²) in [7, 11) is 0. The fourth-order valence-electron chi connectivity index (χ4n) is 2.50. The van der Waals surface area contributed by atoms with E-state index in [9.17, 15) is 4.79 Å². The number of hydrogen-bond acceptors (Lipinski definition) is 2. The Morgan fingerprint density at radius 2 is 2.15 bits per heavy atom. The molecule has 2 aromatic rings. The van der Waals surface area contributed by atoms with E-state index in [1.807, 2.05) is 6.20 Å². The number of nitrogens with two attached hydrogens (primary N) is 1. The predicted molar refractivity (Wildman–Crippen MR) is 81.0 cm³/mol. The SMILES string of the molecule is CC(C)c1ccc2c(c1)c(CC(=O)O)cn2CCCN. The minimum Gasteiger partial charge on any atom is -0.481 e. The van der Waals surface area contributed by atoms with Gasteiger partial charge in [-0.3, -0.25) is 4.79 Å². The van der Waals surface area contributed by atoms with E-state index in [4.69, 9.17) is 10.8 Å². The van der Waals surface area contributed by atoms with Gasteiger partial charge < -0.3 is 15.4 Å². The lowest BCUT2D eigenvalue weighted by Gasteiger charge is -2.07. The first-order valence-electron chi connectivity index (χ1n) is 7.06. The maximum absolute atomic E-state index is 11.0. The second-order valence-electron chi connectivity index (χ2n) is 5.49. The summed E-state index contributed by atoms with van der Waals surface area (Å²) in [6, 6.07) is 6.33. The Balaban J connectivity index is 2.51. The van der Waals surface area contributed by atoms with Gasteiger partial charge in [0.05, 0.1) is 6.42 Å². The molecule has 1 aromatic carbocycles. The predicted octanol–water partition coefficient (Wildman–Crippen LogP) is 2.74. The molecule has 0 spiro atoms. The van der Waals surface area contributed by atoms with E-state index in [1.54, 1.807) is 0 Å². The van der Waals surface area contributed by atoms with Crippen molar-refractivity contribution in [1.82, 2.24) is 4.57 Å². The fraction of sp³-hybridized carbons (Fsp3) is 0.438. The standard InChI is InChI=1S/C16H22N2O2/c1-11(2)12-4-5-15-14(8-12)13(9-16(19)20)10-18(15)7-3-6-17/h4-5,8,10-11H,3,6-7,9,17H2,1-2H3,(H,19,20). The maximum atomic E-state index is 11.0. The highest BCUT2D eigenvalue weighted by Crippen LogP contribution is 2.26. The Kier molecular flexibility index (Phi) is 4.45. The molecule has 0 aliphatic heterocycles. The highest BCUT2D eigenvalue weighted by molar-refractivity contribution is 5.88. The third-order valence-electron chi connectivity index (χ3n) is 3.60. The summed E-state index contributed by atoms with van der Waals surface area (Å²) in [5.74, 6) is -0.359. The zero-order valence-electron chi connectivity index (χ0n) is 12.1. The van der Waals surface area contributed by atoms with Crippen LogP contribution in [-0.2, 0) is 17.8 Å². The van der Waals surface area contributed by atoms with Gasteiger partial charge in [0.15, 0.2) is 0 Å². The largest absolute Gasteiger partial charge is 0.481 e. The molecule has 0 bridgehead atoms. The highest BCUT2D eigenvalue weighted by atomic mass is 16.4. The molecule has 4 heteroatoms. The van der Waals surface area contributed by atoms with Gasteiger partial charge in [-0.2, -0.15) is 0 Å². The Labute approximate surface area is 119 Å². The van der Waals surface area contributed by atoms with Gasteiger partial charge in [0.25, 0.3) is 0 Å². The van der Waals surface area contributed by atoms with Gasteiger partial charge >= 0.3 is 5.97 Å². The summed E-state index contributed by atoms with van der Waals surface area (Å²) in [5, 5.41) is 10.1. The third kappa shape index (κ3) is 3.02. The van der Waals surface area contributed by atoms with Crippen LogP contribution in [-0.4, -0.2) is 22.2 Å². The molecule has 1 aromatic heterocycles. The van der Waals surface area contributed by atoms with E-state index in [0.29, 0.717) is 12.5 Å². The van der Waals surface area contributed by atoms with Gasteiger partial charge in [0.2, 0.25) is 0 Å². The normalized spacial score (nSPS) is 11.4. The van der Waals surface area contributed by atoms with Gasteiger partial charge in [-0.15, -0.1) is 0 Å². The number of carbonyl (C=O) groups is 1. The fourth-order valence-corrected chi connectivity index (χ4v) is 2.50. The third-order valence-corrected chi connectivity index (χ3v) is 3.60. The van der Waals surface area contributed by atoms with Crippen LogP contribution in [0.25, 0.3) is 10.9 Å². The number of benzene rings is 1. The summed E-state index contributed by atoms with van der Waals surface area (Å²) >= 11 is 0. The number of nitrogens with zero attached hydrogens (tertiary/aromatic N) is 1. The maximum Gasteiger partial charge on any atom is 0.307 e. The van der Waals surface area contributed by atoms with E-state index in [1.165, 1.54) is 5.56 Å². The molecule has 0 aliphatic carbocycles. The summed E-state index contributed by atoms with van der Waals surface area (Å²) in [6.45, 7) is 5.75. The van der Waals surface area contributed by atoms with Crippen LogP contribution in [0.15, 0.2) is 24.4 Å². The first-order chi connectivity index (χ1) is 9.52. The second-order valence-corrected chi connectivity index (χ2v) is 5.49. The van der Waals surface area contributed by atoms with Crippen molar-refractivity contribution in [3.8, 4) is 0 Å². The molecule has 4 nitrogen and oxygen atoms in total. The number of fused-ring (bicyclic) bond motifs is 1. The van der Waals surface area contributed by atoms with Crippen LogP contribution >= 0.6 is 0 Å². The Hall–Kier alpha value is -1.81. The molecule has 1 heterocycles. The van der Waals surface area contributed by atoms with Crippen molar-refractivity contribution in [2.45, 2.75) is 39.2 Å². The monoisotopic (exact) mass is 274 g/mol. The summed E-state index contributed by atoms with van der Waals surface area (Å²) in [6.07, 6.45) is 2.91. The Bertz CT molecular complexity index is 614. The van der Waals surface area contributed by atoms with Gasteiger partial charge in [-0.1, -0.05) is 19.9 Å². The number of aliphatic carboxylic acids is 1. The zero-order valence-corrected chi connectivity index (χ0v) is 12.1. The minimum atomic E-state index is -0.794. The molecule has 0 amide bonds. The van der Waals surface area contributed by atoms with E-state index >= 15 is 0 Å². The molecule has 0 saturated carbocycles. The van der Waals surface area contributed by atoms with Crippen LogP contribution in [0.4, 0.5) is 0 Å². The first-order valence-corrected chi connectivity index (χ1v) is 7.06. The molecule has 108 valence electrons. The molecule has 0 aliphatic rings. The van der Waals surface area contributed by atoms with Crippen LogP contribution in [0.2, 0.25) is 0 Å². The smallest absolute Gasteiger partial charge is 0.307 e. The highest BCUT2D eigenvalue weighted by Gasteiger charge is 2.12. The molecule has 20 heavy (non-hydrogen) atoms. The molecular formula is C16H22N2O2. The molecule has 0 saturated heterocycles. The topological polar surface area (TPSA) is 68.2 Å². The first kappa shape index (κ1) is 14.6. The van der Waals surface area contributed by atoms with Crippen LogP contribution in [0, 0.1) is 0 Å². The van der Waals surface area contributed by atoms with Gasteiger partial charge in [0.1, 0.15) is 0 Å². The van der Waals surface area contributed by atoms with Crippen LogP contribution in [0.1, 0.15) is 37.3 Å². The average Bonchev–Trinajstić information content (AvgIpc) is 2.73. The van der Waals surface area contributed by atoms with Crippen LogP contribution in [0.5, 0.6) is 0 Å². The molecule has 0 unspecified atom stereocenters. The molecule has 3 N–H and O–H groups in total. The molecule has 0 atom stereocenters. The van der Waals surface area contributed by atoms with Crippen molar-refractivity contribution in [2.24, 2.45) is 5.73 Å². The van der Waals surface area contributed by atoms with Crippen molar-refractivity contribution in [1.29, 1.82) is 0 Å². The summed E-state index contributed by atoms with van der Waals surface area (Å²) in [5.41, 5.74) is 8.78. The van der Waals surface area contributed by atoms with Crippen molar-refractivity contribution in [3.05, 3.63) is 35.5 Å². The number of hydrogen-bond donors (Lipinski definition) is 2. The lowest BCUT2D eigenvalue weighted by atomic mass is 10.00. The second kappa shape index (κ2) is 6.09. The lowest BCUT2D eigenvalue weighted by molar-refractivity contribution is -0.136. The molecule has 0 fully saturated rings. The molecule has 0 radical (unpaired) electrons. The quantitative estimate of drug-likeness (QED) is 0.851. The van der Waals surface area contributed by atoms with Crippen molar-refractivity contribution in [2.75, 3.05) is 6.54 Å². The van der Waals surface area contributed by atoms with E-state index in [-0.39, 0.29) is 6.42 Å². The van der Waals surface area contributed by atoms with E-state index in [2.05, 4.69) is 36.6 Å².